The minimum atomic E-state index is -1.91. The SMILES string of the molecule is CC(=O)OCC(=O)[C@@]1(O)CC[C@H]2[C@@H]3CCC4=CC(=O)CC[C@]4(C)[C@@]3(F)[C@@H](O)C[C@@]21C.CC12CCC(=O)C=C1CCC1C3CCC(O)(C(=O)CO)C3(C)CC(O)C12F. The van der Waals surface area contributed by atoms with Crippen LogP contribution in [0, 0.1) is 45.3 Å². The zero-order chi connectivity index (χ0) is 41.9. The molecule has 7 unspecified atom stereocenters. The topological polar surface area (TPSA) is 196 Å². The van der Waals surface area contributed by atoms with Crippen molar-refractivity contribution in [1.29, 1.82) is 0 Å². The van der Waals surface area contributed by atoms with Gasteiger partial charge in [0, 0.05) is 53.3 Å². The molecule has 14 atom stereocenters. The Morgan fingerprint density at radius 1 is 0.667 bits per heavy atom. The smallest absolute Gasteiger partial charge is 0.303 e. The van der Waals surface area contributed by atoms with E-state index in [4.69, 9.17) is 4.74 Å². The fraction of sp³-hybridized carbons (Fsp3) is 0.795. The number of fused-ring (bicyclic) bond motifs is 10. The molecule has 11 nitrogen and oxygen atoms in total. The largest absolute Gasteiger partial charge is 0.458 e. The number of alkyl halides is 2. The molecule has 0 aromatic rings. The van der Waals surface area contributed by atoms with Gasteiger partial charge in [-0.1, -0.05) is 38.8 Å². The van der Waals surface area contributed by atoms with Crippen LogP contribution < -0.4 is 0 Å². The molecule has 6 fully saturated rings. The number of carbonyl (C=O) groups is 5. The number of rotatable bonds is 5. The Labute approximate surface area is 332 Å². The van der Waals surface area contributed by atoms with Crippen LogP contribution in [0.4, 0.5) is 8.78 Å². The average Bonchev–Trinajstić information content (AvgIpc) is 3.58. The van der Waals surface area contributed by atoms with Crippen molar-refractivity contribution in [2.75, 3.05) is 13.2 Å². The van der Waals surface area contributed by atoms with Gasteiger partial charge < -0.3 is 30.3 Å². The zero-order valence-corrected chi connectivity index (χ0v) is 33.9. The van der Waals surface area contributed by atoms with Crippen LogP contribution >= 0.6 is 0 Å². The van der Waals surface area contributed by atoms with E-state index in [-0.39, 0.29) is 61.9 Å². The minimum Gasteiger partial charge on any atom is -0.458 e. The van der Waals surface area contributed by atoms with Gasteiger partial charge in [0.1, 0.15) is 29.1 Å². The van der Waals surface area contributed by atoms with Crippen LogP contribution in [0.25, 0.3) is 0 Å². The van der Waals surface area contributed by atoms with Crippen LogP contribution in [0.3, 0.4) is 0 Å². The van der Waals surface area contributed by atoms with Crippen molar-refractivity contribution < 1.29 is 63.0 Å². The van der Waals surface area contributed by atoms with E-state index >= 15 is 8.78 Å². The maximum absolute atomic E-state index is 16.9. The summed E-state index contributed by atoms with van der Waals surface area (Å²) >= 11 is 0. The molecule has 8 rings (SSSR count). The molecule has 0 saturated heterocycles. The summed E-state index contributed by atoms with van der Waals surface area (Å²) in [6, 6.07) is 0. The normalized spacial score (nSPS) is 49.6. The molecule has 57 heavy (non-hydrogen) atoms. The first kappa shape index (κ1) is 42.4. The molecule has 13 heteroatoms. The first-order valence-electron chi connectivity index (χ1n) is 20.9. The number of halogens is 2. The van der Waals surface area contributed by atoms with Gasteiger partial charge in [-0.3, -0.25) is 24.0 Å². The molecule has 6 saturated carbocycles. The Hall–Kier alpha value is -2.71. The Morgan fingerprint density at radius 3 is 1.46 bits per heavy atom. The van der Waals surface area contributed by atoms with Gasteiger partial charge in [0.05, 0.1) is 12.2 Å². The van der Waals surface area contributed by atoms with Gasteiger partial charge in [0.15, 0.2) is 24.0 Å². The Morgan fingerprint density at radius 2 is 1.07 bits per heavy atom. The molecule has 8 aliphatic rings. The number of carbonyl (C=O) groups excluding carboxylic acids is 5. The summed E-state index contributed by atoms with van der Waals surface area (Å²) in [6.07, 6.45) is 5.10. The quantitative estimate of drug-likeness (QED) is 0.249. The molecule has 0 spiro atoms. The molecule has 0 aromatic carbocycles. The predicted octanol–water partition coefficient (Wildman–Crippen LogP) is 4.32. The number of ketones is 4. The molecule has 316 valence electrons. The molecule has 0 aromatic heterocycles. The Bertz CT molecular complexity index is 1830. The summed E-state index contributed by atoms with van der Waals surface area (Å²) < 4.78 is 38.6. The lowest BCUT2D eigenvalue weighted by Gasteiger charge is -2.63. The highest BCUT2D eigenvalue weighted by Gasteiger charge is 2.76. The van der Waals surface area contributed by atoms with Gasteiger partial charge >= 0.3 is 5.97 Å². The van der Waals surface area contributed by atoms with Crippen LogP contribution in [0.5, 0.6) is 0 Å². The van der Waals surface area contributed by atoms with Crippen molar-refractivity contribution in [2.24, 2.45) is 45.3 Å². The summed E-state index contributed by atoms with van der Waals surface area (Å²) in [5.74, 6) is -3.35. The Kier molecular flexibility index (Phi) is 10.2. The molecular formula is C44H60F2O11. The monoisotopic (exact) mass is 802 g/mol. The number of Topliss-reactive ketones (excluding diaryl/α,β-unsaturated/α-hetero) is 2. The van der Waals surface area contributed by atoms with E-state index in [0.717, 1.165) is 11.1 Å². The van der Waals surface area contributed by atoms with Crippen LogP contribution in [-0.4, -0.2) is 103 Å². The van der Waals surface area contributed by atoms with Gasteiger partial charge in [-0.15, -0.1) is 0 Å². The van der Waals surface area contributed by atoms with Crippen molar-refractivity contribution >= 4 is 29.1 Å². The predicted molar refractivity (Wildman–Crippen MR) is 201 cm³/mol. The number of aliphatic hydroxyl groups excluding tert-OH is 3. The van der Waals surface area contributed by atoms with Crippen LogP contribution in [0.1, 0.15) is 125 Å². The molecule has 0 aliphatic heterocycles. The fourth-order valence-electron chi connectivity index (χ4n) is 14.5. The number of hydrogen-bond acceptors (Lipinski definition) is 11. The first-order chi connectivity index (χ1) is 26.4. The second-order valence-corrected chi connectivity index (χ2v) is 19.8. The zero-order valence-electron chi connectivity index (χ0n) is 33.9. The third-order valence-corrected chi connectivity index (χ3v) is 17.9. The van der Waals surface area contributed by atoms with E-state index in [1.807, 2.05) is 13.8 Å². The summed E-state index contributed by atoms with van der Waals surface area (Å²) in [7, 11) is 0. The van der Waals surface area contributed by atoms with Crippen molar-refractivity contribution in [1.82, 2.24) is 0 Å². The van der Waals surface area contributed by atoms with Gasteiger partial charge in [-0.05, 0) is 101 Å². The Balaban J connectivity index is 0.000000175. The number of esters is 1. The third-order valence-electron chi connectivity index (χ3n) is 17.9. The van der Waals surface area contributed by atoms with Crippen molar-refractivity contribution in [2.45, 2.75) is 159 Å². The van der Waals surface area contributed by atoms with Crippen molar-refractivity contribution in [3.8, 4) is 0 Å². The second kappa shape index (κ2) is 13.7. The summed E-state index contributed by atoms with van der Waals surface area (Å²) in [5.41, 5.74) is -9.51. The standard InChI is InChI=1S/C23H31FO6.C21H29FO5/c1-13(25)30-12-19(28)22(29)9-7-16-17-5-4-14-10-15(26)6-8-20(14,2)23(17,24)18(27)11-21(16,22)3;1-18-7-5-13(24)9-12(18)3-4-15-14-6-8-20(27,17(26)11-23)19(14,2)10-16(25)21(15,18)22/h10,16-18,27,29H,4-9,11-12H2,1-3H3;9,14-16,23,25,27H,3-8,10-11H2,1-2H3/t16-,17-,18-,20-,21-,22-,23-;/m0./s1. The van der Waals surface area contributed by atoms with E-state index < -0.39 is 99.0 Å². The third kappa shape index (κ3) is 5.46. The van der Waals surface area contributed by atoms with Crippen LogP contribution in [-0.2, 0) is 28.7 Å². The van der Waals surface area contributed by atoms with Gasteiger partial charge in [0.25, 0.3) is 0 Å². The first-order valence-corrected chi connectivity index (χ1v) is 20.9. The second-order valence-electron chi connectivity index (χ2n) is 19.8. The highest BCUT2D eigenvalue weighted by atomic mass is 19.1. The lowest BCUT2D eigenvalue weighted by Crippen LogP contribution is -2.69. The van der Waals surface area contributed by atoms with Crippen molar-refractivity contribution in [3.63, 3.8) is 0 Å². The lowest BCUT2D eigenvalue weighted by atomic mass is 9.44. The van der Waals surface area contributed by atoms with E-state index in [0.29, 0.717) is 51.4 Å². The summed E-state index contributed by atoms with van der Waals surface area (Å²) in [5, 5.41) is 54.2. The van der Waals surface area contributed by atoms with E-state index in [1.54, 1.807) is 26.0 Å². The molecule has 0 amide bonds. The lowest BCUT2D eigenvalue weighted by molar-refractivity contribution is -0.227. The molecule has 0 heterocycles. The van der Waals surface area contributed by atoms with Crippen molar-refractivity contribution in [3.05, 3.63) is 23.3 Å². The minimum absolute atomic E-state index is 0.00553. The molecular weight excluding hydrogens is 742 g/mol. The fourth-order valence-corrected chi connectivity index (χ4v) is 14.5. The highest BCUT2D eigenvalue weighted by Crippen LogP contribution is 2.72. The number of hydrogen-bond donors (Lipinski definition) is 5. The van der Waals surface area contributed by atoms with E-state index in [2.05, 4.69) is 0 Å². The molecule has 0 bridgehead atoms. The maximum Gasteiger partial charge on any atom is 0.303 e. The summed E-state index contributed by atoms with van der Waals surface area (Å²) in [6.45, 7) is 7.08. The highest BCUT2D eigenvalue weighted by molar-refractivity contribution is 5.93. The van der Waals surface area contributed by atoms with E-state index in [1.165, 1.54) is 6.92 Å². The molecule has 5 N–H and O–H groups in total. The van der Waals surface area contributed by atoms with Gasteiger partial charge in [-0.2, -0.15) is 0 Å². The van der Waals surface area contributed by atoms with Crippen LogP contribution in [0.2, 0.25) is 0 Å². The van der Waals surface area contributed by atoms with Crippen LogP contribution in [0.15, 0.2) is 23.3 Å². The molecule has 0 radical (unpaired) electrons. The number of ether oxygens (including phenoxy) is 1. The summed E-state index contributed by atoms with van der Waals surface area (Å²) in [4.78, 5) is 60.2. The number of allylic oxidation sites excluding steroid dienone is 2. The van der Waals surface area contributed by atoms with E-state index in [9.17, 15) is 49.5 Å². The van der Waals surface area contributed by atoms with Gasteiger partial charge in [0.2, 0.25) is 5.78 Å². The molecule has 8 aliphatic carbocycles. The maximum atomic E-state index is 16.9. The average molecular weight is 803 g/mol. The van der Waals surface area contributed by atoms with Gasteiger partial charge in [-0.25, -0.2) is 8.78 Å². The number of aliphatic hydroxyl groups is 5.